The van der Waals surface area contributed by atoms with Crippen LogP contribution >= 0.6 is 0 Å². The van der Waals surface area contributed by atoms with Gasteiger partial charge in [-0.3, -0.25) is 4.79 Å². The van der Waals surface area contributed by atoms with Crippen LogP contribution in [0.25, 0.3) is 45.1 Å². The summed E-state index contributed by atoms with van der Waals surface area (Å²) in [6.07, 6.45) is 1.73. The van der Waals surface area contributed by atoms with E-state index in [-0.39, 0.29) is 23.3 Å². The van der Waals surface area contributed by atoms with Crippen molar-refractivity contribution in [2.24, 2.45) is 7.05 Å². The number of hydrogen-bond donors (Lipinski definition) is 0. The minimum absolute atomic E-state index is 0.0213. The number of aromatic nitrogens is 4. The lowest BCUT2D eigenvalue weighted by atomic mass is 9.97. The topological polar surface area (TPSA) is 73.8 Å². The summed E-state index contributed by atoms with van der Waals surface area (Å²) in [6.45, 7) is 0. The minimum atomic E-state index is -1.29. The van der Waals surface area contributed by atoms with Crippen LogP contribution in [0.1, 0.15) is 10.4 Å². The fourth-order valence-electron chi connectivity index (χ4n) is 3.53. The maximum Gasteiger partial charge on any atom is 0.227 e. The molecule has 0 aliphatic heterocycles. The van der Waals surface area contributed by atoms with Gasteiger partial charge in [0.2, 0.25) is 11.7 Å². The molecule has 0 amide bonds. The molecule has 3 aromatic carbocycles. The Hall–Kier alpha value is -4.27. The Kier molecular flexibility index (Phi) is 4.58. The highest BCUT2D eigenvalue weighted by molar-refractivity contribution is 5.87. The molecule has 32 heavy (non-hydrogen) atoms. The minimum Gasteiger partial charge on any atom is -0.433 e. The number of nitrogens with zero attached hydrogens (tertiary/aromatic N) is 4. The Bertz CT molecular complexity index is 1510. The van der Waals surface area contributed by atoms with E-state index >= 15 is 0 Å². The highest BCUT2D eigenvalue weighted by atomic mass is 19.2. The molecule has 0 aliphatic carbocycles. The van der Waals surface area contributed by atoms with Crippen LogP contribution in [0.5, 0.6) is 0 Å². The van der Waals surface area contributed by atoms with Crippen LogP contribution in [0.15, 0.2) is 59.3 Å². The zero-order valence-corrected chi connectivity index (χ0v) is 16.5. The van der Waals surface area contributed by atoms with Crippen molar-refractivity contribution < 1.29 is 22.4 Å². The van der Waals surface area contributed by atoms with Crippen LogP contribution in [0.4, 0.5) is 13.2 Å². The highest BCUT2D eigenvalue weighted by Gasteiger charge is 2.20. The molecule has 0 spiro atoms. The van der Waals surface area contributed by atoms with Gasteiger partial charge in [-0.2, -0.15) is 4.39 Å². The molecule has 0 fully saturated rings. The maximum absolute atomic E-state index is 14.3. The van der Waals surface area contributed by atoms with E-state index in [4.69, 9.17) is 4.42 Å². The molecular weight excluding hydrogens is 421 g/mol. The Morgan fingerprint density at radius 3 is 2.53 bits per heavy atom. The van der Waals surface area contributed by atoms with Crippen molar-refractivity contribution in [3.8, 4) is 34.0 Å². The number of carbonyl (C=O) groups is 1. The predicted octanol–water partition coefficient (Wildman–Crippen LogP) is 5.19. The van der Waals surface area contributed by atoms with Crippen molar-refractivity contribution in [2.45, 2.75) is 0 Å². The smallest absolute Gasteiger partial charge is 0.227 e. The van der Waals surface area contributed by atoms with Gasteiger partial charge in [0.1, 0.15) is 17.7 Å². The fourth-order valence-corrected chi connectivity index (χ4v) is 3.53. The molecule has 0 atom stereocenters. The molecule has 0 radical (unpaired) electrons. The summed E-state index contributed by atoms with van der Waals surface area (Å²) in [5.74, 6) is -2.47. The summed E-state index contributed by atoms with van der Waals surface area (Å²) < 4.78 is 49.4. The van der Waals surface area contributed by atoms with Gasteiger partial charge in [0.05, 0.1) is 5.56 Å². The summed E-state index contributed by atoms with van der Waals surface area (Å²) in [6, 6.07) is 12.4. The summed E-state index contributed by atoms with van der Waals surface area (Å²) in [5, 5.41) is 7.92. The predicted molar refractivity (Wildman–Crippen MR) is 110 cm³/mol. The van der Waals surface area contributed by atoms with Gasteiger partial charge in [0.15, 0.2) is 23.5 Å². The van der Waals surface area contributed by atoms with Gasteiger partial charge in [0.25, 0.3) is 0 Å². The van der Waals surface area contributed by atoms with Gasteiger partial charge in [0, 0.05) is 18.2 Å². The molecule has 2 heterocycles. The van der Waals surface area contributed by atoms with E-state index < -0.39 is 23.0 Å². The number of rotatable bonds is 4. The van der Waals surface area contributed by atoms with Crippen molar-refractivity contribution in [1.29, 1.82) is 0 Å². The third-order valence-corrected chi connectivity index (χ3v) is 5.07. The second kappa shape index (κ2) is 7.45. The lowest BCUT2D eigenvalue weighted by Gasteiger charge is -2.10. The van der Waals surface area contributed by atoms with E-state index in [1.165, 1.54) is 18.5 Å². The summed E-state index contributed by atoms with van der Waals surface area (Å²) in [7, 11) is 1.75. The number of halogens is 3. The zero-order valence-electron chi connectivity index (χ0n) is 16.5. The number of carbonyl (C=O) groups excluding carboxylic acids is 1. The molecule has 5 aromatic rings. The highest BCUT2D eigenvalue weighted by Crippen LogP contribution is 2.35. The van der Waals surface area contributed by atoms with Crippen LogP contribution < -0.4 is 0 Å². The van der Waals surface area contributed by atoms with Gasteiger partial charge in [-0.25, -0.2) is 13.8 Å². The molecule has 6 nitrogen and oxygen atoms in total. The van der Waals surface area contributed by atoms with Gasteiger partial charge >= 0.3 is 0 Å². The van der Waals surface area contributed by atoms with Crippen molar-refractivity contribution in [1.82, 2.24) is 19.7 Å². The van der Waals surface area contributed by atoms with E-state index in [9.17, 15) is 18.0 Å². The van der Waals surface area contributed by atoms with Crippen molar-refractivity contribution in [3.63, 3.8) is 0 Å². The summed E-state index contributed by atoms with van der Waals surface area (Å²) in [4.78, 5) is 15.2. The number of fused-ring (bicyclic) bond motifs is 1. The van der Waals surface area contributed by atoms with Crippen LogP contribution in [-0.4, -0.2) is 26.0 Å². The van der Waals surface area contributed by atoms with Gasteiger partial charge in [-0.05, 0) is 41.5 Å². The number of aryl methyl sites for hydroxylation is 1. The number of benzene rings is 3. The second-order valence-electron chi connectivity index (χ2n) is 7.12. The third kappa shape index (κ3) is 3.15. The molecule has 0 unspecified atom stereocenters. The summed E-state index contributed by atoms with van der Waals surface area (Å²) in [5.41, 5.74) is 1.60. The number of hydrogen-bond acceptors (Lipinski definition) is 5. The Morgan fingerprint density at radius 2 is 1.78 bits per heavy atom. The van der Waals surface area contributed by atoms with Crippen LogP contribution in [0, 0.1) is 17.5 Å². The van der Waals surface area contributed by atoms with E-state index in [2.05, 4.69) is 15.2 Å². The van der Waals surface area contributed by atoms with Crippen LogP contribution in [0.2, 0.25) is 0 Å². The zero-order chi connectivity index (χ0) is 22.4. The lowest BCUT2D eigenvalue weighted by molar-refractivity contribution is 0.111. The molecule has 5 rings (SSSR count). The standard InChI is InChI=1S/C23H13F3N4O2/c1-30-11-27-29-22(30)17-9-15(24)5-6-16(17)12-3-2-4-13(7-12)23-28-18-8-14(10-31)19(25)20(26)21(18)32-23/h2-11H,1H3. The van der Waals surface area contributed by atoms with Crippen molar-refractivity contribution >= 4 is 17.4 Å². The number of oxazole rings is 1. The van der Waals surface area contributed by atoms with E-state index in [1.807, 2.05) is 6.07 Å². The van der Waals surface area contributed by atoms with Gasteiger partial charge in [-0.15, -0.1) is 10.2 Å². The molecule has 2 aromatic heterocycles. The first-order valence-electron chi connectivity index (χ1n) is 9.44. The lowest BCUT2D eigenvalue weighted by Crippen LogP contribution is -1.95. The van der Waals surface area contributed by atoms with E-state index in [0.717, 1.165) is 6.07 Å². The van der Waals surface area contributed by atoms with Crippen LogP contribution in [-0.2, 0) is 7.05 Å². The Balaban J connectivity index is 1.65. The van der Waals surface area contributed by atoms with Gasteiger partial charge in [-0.1, -0.05) is 18.2 Å². The second-order valence-corrected chi connectivity index (χ2v) is 7.12. The van der Waals surface area contributed by atoms with Gasteiger partial charge < -0.3 is 8.98 Å². The molecular formula is C23H13F3N4O2. The molecule has 0 saturated heterocycles. The fraction of sp³-hybridized carbons (Fsp3) is 0.0435. The number of aldehydes is 1. The van der Waals surface area contributed by atoms with Crippen molar-refractivity contribution in [3.05, 3.63) is 77.9 Å². The molecule has 0 aliphatic rings. The van der Waals surface area contributed by atoms with Crippen LogP contribution in [0.3, 0.4) is 0 Å². The van der Waals surface area contributed by atoms with Crippen molar-refractivity contribution in [2.75, 3.05) is 0 Å². The normalized spacial score (nSPS) is 11.2. The SMILES string of the molecule is Cn1cnnc1-c1cc(F)ccc1-c1cccc(-c2nc3cc(C=O)c(F)c(F)c3o2)c1. The van der Waals surface area contributed by atoms with E-state index in [0.29, 0.717) is 28.1 Å². The first-order chi connectivity index (χ1) is 15.5. The first-order valence-corrected chi connectivity index (χ1v) is 9.44. The Morgan fingerprint density at radius 1 is 0.969 bits per heavy atom. The average molecular weight is 434 g/mol. The largest absolute Gasteiger partial charge is 0.433 e. The molecule has 0 N–H and O–H groups in total. The quantitative estimate of drug-likeness (QED) is 0.364. The first kappa shape index (κ1) is 19.7. The molecule has 0 saturated carbocycles. The summed E-state index contributed by atoms with van der Waals surface area (Å²) >= 11 is 0. The average Bonchev–Trinajstić information content (AvgIpc) is 3.42. The molecule has 0 bridgehead atoms. The maximum atomic E-state index is 14.3. The molecule has 158 valence electrons. The monoisotopic (exact) mass is 434 g/mol. The van der Waals surface area contributed by atoms with E-state index in [1.54, 1.807) is 35.9 Å². The Labute approximate surface area is 179 Å². The molecule has 9 heteroatoms. The third-order valence-electron chi connectivity index (χ3n) is 5.07.